The van der Waals surface area contributed by atoms with Crippen molar-refractivity contribution in [1.82, 2.24) is 10.6 Å². The lowest BCUT2D eigenvalue weighted by molar-refractivity contribution is -0.137. The molecule has 2 aromatic carbocycles. The first-order valence-corrected chi connectivity index (χ1v) is 11.0. The van der Waals surface area contributed by atoms with Crippen molar-refractivity contribution >= 4 is 17.5 Å². The largest absolute Gasteiger partial charge is 0.484 e. The molecule has 6 nitrogen and oxygen atoms in total. The number of ether oxygens (including phenoxy) is 1. The molecule has 3 rings (SSSR count). The summed E-state index contributed by atoms with van der Waals surface area (Å²) < 4.78 is 43.8. The van der Waals surface area contributed by atoms with Gasteiger partial charge in [0.15, 0.2) is 6.61 Å². The number of carbonyl (C=O) groups excluding carboxylic acids is 2. The third-order valence-electron chi connectivity index (χ3n) is 5.49. The van der Waals surface area contributed by atoms with E-state index in [2.05, 4.69) is 43.6 Å². The maximum absolute atomic E-state index is 12.8. The van der Waals surface area contributed by atoms with Gasteiger partial charge in [-0.15, -0.1) is 0 Å². The molecule has 9 heteroatoms. The molecule has 2 amide bonds. The molecule has 0 spiro atoms. The van der Waals surface area contributed by atoms with Gasteiger partial charge in [-0.2, -0.15) is 13.2 Å². The fourth-order valence-electron chi connectivity index (χ4n) is 4.51. The summed E-state index contributed by atoms with van der Waals surface area (Å²) >= 11 is 0. The van der Waals surface area contributed by atoms with Crippen LogP contribution in [0, 0.1) is 0 Å². The van der Waals surface area contributed by atoms with Gasteiger partial charge in [-0.25, -0.2) is 0 Å². The number of alkyl halides is 3. The Kier molecular flexibility index (Phi) is 7.26. The third-order valence-corrected chi connectivity index (χ3v) is 5.49. The van der Waals surface area contributed by atoms with Crippen LogP contribution in [0.3, 0.4) is 0 Å². The zero-order chi connectivity index (χ0) is 25.1. The SMILES string of the molecule is CC1(C)CC(NC(=O)c2ccc(OCC(=O)Nc3cccc(C(F)(F)F)c3)cc2)CC(C)(C)N1. The van der Waals surface area contributed by atoms with Crippen molar-refractivity contribution in [3.05, 3.63) is 59.7 Å². The van der Waals surface area contributed by atoms with E-state index in [0.717, 1.165) is 25.0 Å². The minimum Gasteiger partial charge on any atom is -0.484 e. The number of hydrogen-bond donors (Lipinski definition) is 3. The minimum atomic E-state index is -4.49. The molecule has 0 bridgehead atoms. The zero-order valence-corrected chi connectivity index (χ0v) is 19.7. The second kappa shape index (κ2) is 9.66. The van der Waals surface area contributed by atoms with Crippen molar-refractivity contribution in [2.75, 3.05) is 11.9 Å². The number of hydrogen-bond acceptors (Lipinski definition) is 4. The Balaban J connectivity index is 1.52. The lowest BCUT2D eigenvalue weighted by Crippen LogP contribution is -2.62. The van der Waals surface area contributed by atoms with Gasteiger partial charge in [-0.05, 0) is 83.0 Å². The molecule has 1 heterocycles. The van der Waals surface area contributed by atoms with Crippen LogP contribution in [0.1, 0.15) is 56.5 Å². The smallest absolute Gasteiger partial charge is 0.416 e. The van der Waals surface area contributed by atoms with Crippen LogP contribution in [0.4, 0.5) is 18.9 Å². The Morgan fingerprint density at radius 1 is 1.03 bits per heavy atom. The Bertz CT molecular complexity index is 1020. The van der Waals surface area contributed by atoms with Crippen LogP contribution in [0.2, 0.25) is 0 Å². The number of rotatable bonds is 6. The number of piperidine rings is 1. The topological polar surface area (TPSA) is 79.5 Å². The van der Waals surface area contributed by atoms with Crippen LogP contribution < -0.4 is 20.7 Å². The predicted octanol–water partition coefficient (Wildman–Crippen LogP) is 4.76. The van der Waals surface area contributed by atoms with Crippen LogP contribution in [-0.2, 0) is 11.0 Å². The highest BCUT2D eigenvalue weighted by Crippen LogP contribution is 2.31. The average molecular weight is 478 g/mol. The maximum atomic E-state index is 12.8. The first-order chi connectivity index (χ1) is 15.7. The summed E-state index contributed by atoms with van der Waals surface area (Å²) in [6, 6.07) is 10.8. The van der Waals surface area contributed by atoms with Gasteiger partial charge in [0.2, 0.25) is 0 Å². The number of carbonyl (C=O) groups is 2. The lowest BCUT2D eigenvalue weighted by Gasteiger charge is -2.46. The van der Waals surface area contributed by atoms with Crippen molar-refractivity contribution in [1.29, 1.82) is 0 Å². The van der Waals surface area contributed by atoms with E-state index in [0.29, 0.717) is 11.3 Å². The molecule has 2 aromatic rings. The van der Waals surface area contributed by atoms with Crippen LogP contribution >= 0.6 is 0 Å². The lowest BCUT2D eigenvalue weighted by atomic mass is 9.79. The molecule has 0 unspecified atom stereocenters. The van der Waals surface area contributed by atoms with Crippen LogP contribution in [0.15, 0.2) is 48.5 Å². The maximum Gasteiger partial charge on any atom is 0.416 e. The molecule has 0 aliphatic carbocycles. The van der Waals surface area contributed by atoms with E-state index >= 15 is 0 Å². The molecule has 0 aromatic heterocycles. The fraction of sp³-hybridized carbons (Fsp3) is 0.440. The van der Waals surface area contributed by atoms with Gasteiger partial charge in [0.25, 0.3) is 11.8 Å². The molecule has 0 radical (unpaired) electrons. The van der Waals surface area contributed by atoms with Gasteiger partial charge in [-0.1, -0.05) is 6.07 Å². The van der Waals surface area contributed by atoms with Crippen molar-refractivity contribution < 1.29 is 27.5 Å². The molecule has 0 saturated carbocycles. The van der Waals surface area contributed by atoms with E-state index in [9.17, 15) is 22.8 Å². The summed E-state index contributed by atoms with van der Waals surface area (Å²) in [4.78, 5) is 24.8. The van der Waals surface area contributed by atoms with Gasteiger partial charge in [-0.3, -0.25) is 9.59 Å². The summed E-state index contributed by atoms with van der Waals surface area (Å²) in [6.45, 7) is 8.07. The number of halogens is 3. The standard InChI is InChI=1S/C25H30F3N3O3/c1-23(2)13-19(14-24(3,4)31-23)30-22(33)16-8-10-20(11-9-16)34-15-21(32)29-18-7-5-6-17(12-18)25(26,27)28/h5-12,19,31H,13-15H2,1-4H3,(H,29,32)(H,30,33). The van der Waals surface area contributed by atoms with E-state index in [1.54, 1.807) is 24.3 Å². The molecule has 3 N–H and O–H groups in total. The van der Waals surface area contributed by atoms with Gasteiger partial charge in [0.1, 0.15) is 5.75 Å². The molecule has 1 aliphatic rings. The Morgan fingerprint density at radius 2 is 1.65 bits per heavy atom. The van der Waals surface area contributed by atoms with E-state index in [4.69, 9.17) is 4.74 Å². The Hall–Kier alpha value is -3.07. The van der Waals surface area contributed by atoms with Gasteiger partial charge < -0.3 is 20.7 Å². The third kappa shape index (κ3) is 7.21. The summed E-state index contributed by atoms with van der Waals surface area (Å²) in [5.41, 5.74) is -0.538. The fourth-order valence-corrected chi connectivity index (χ4v) is 4.51. The van der Waals surface area contributed by atoms with Crippen molar-refractivity contribution in [3.63, 3.8) is 0 Å². The van der Waals surface area contributed by atoms with Gasteiger partial charge >= 0.3 is 6.18 Å². The molecular weight excluding hydrogens is 447 g/mol. The van der Waals surface area contributed by atoms with E-state index in [1.807, 2.05) is 0 Å². The summed E-state index contributed by atoms with van der Waals surface area (Å²) in [7, 11) is 0. The molecule has 1 aliphatic heterocycles. The Morgan fingerprint density at radius 3 is 2.24 bits per heavy atom. The van der Waals surface area contributed by atoms with Crippen LogP contribution in [0.5, 0.6) is 5.75 Å². The second-order valence-corrected chi connectivity index (χ2v) is 9.91. The second-order valence-electron chi connectivity index (χ2n) is 9.91. The summed E-state index contributed by atoms with van der Waals surface area (Å²) in [5, 5.41) is 9.05. The van der Waals surface area contributed by atoms with Gasteiger partial charge in [0.05, 0.1) is 5.56 Å². The quantitative estimate of drug-likeness (QED) is 0.561. The minimum absolute atomic E-state index is 0.0275. The van der Waals surface area contributed by atoms with Crippen LogP contribution in [0.25, 0.3) is 0 Å². The zero-order valence-electron chi connectivity index (χ0n) is 19.7. The van der Waals surface area contributed by atoms with E-state index in [-0.39, 0.29) is 35.3 Å². The molecular formula is C25H30F3N3O3. The van der Waals surface area contributed by atoms with E-state index < -0.39 is 17.6 Å². The highest BCUT2D eigenvalue weighted by atomic mass is 19.4. The normalized spacial score (nSPS) is 17.6. The highest BCUT2D eigenvalue weighted by Gasteiger charge is 2.38. The average Bonchev–Trinajstić information content (AvgIpc) is 2.70. The van der Waals surface area contributed by atoms with Crippen LogP contribution in [-0.4, -0.2) is 35.5 Å². The molecule has 184 valence electrons. The van der Waals surface area contributed by atoms with E-state index in [1.165, 1.54) is 12.1 Å². The Labute approximate surface area is 197 Å². The monoisotopic (exact) mass is 477 g/mol. The first-order valence-electron chi connectivity index (χ1n) is 11.0. The number of amides is 2. The summed E-state index contributed by atoms with van der Waals surface area (Å²) in [6.07, 6.45) is -2.87. The highest BCUT2D eigenvalue weighted by molar-refractivity contribution is 5.94. The first kappa shape index (κ1) is 25.6. The van der Waals surface area contributed by atoms with Gasteiger partial charge in [0, 0.05) is 28.4 Å². The predicted molar refractivity (Wildman–Crippen MR) is 124 cm³/mol. The number of nitrogens with one attached hydrogen (secondary N) is 3. The number of benzene rings is 2. The van der Waals surface area contributed by atoms with Crippen molar-refractivity contribution in [3.8, 4) is 5.75 Å². The molecule has 34 heavy (non-hydrogen) atoms. The molecule has 0 atom stereocenters. The molecule has 1 fully saturated rings. The molecule has 1 saturated heterocycles. The summed E-state index contributed by atoms with van der Waals surface area (Å²) in [5.74, 6) is -0.426. The van der Waals surface area contributed by atoms with Crippen molar-refractivity contribution in [2.24, 2.45) is 0 Å². The van der Waals surface area contributed by atoms with Crippen molar-refractivity contribution in [2.45, 2.75) is 63.8 Å². The number of anilines is 1.